The van der Waals surface area contributed by atoms with E-state index in [2.05, 4.69) is 15.9 Å². The molecule has 0 bridgehead atoms. The first-order valence-corrected chi connectivity index (χ1v) is 5.68. The van der Waals surface area contributed by atoms with Gasteiger partial charge in [0.1, 0.15) is 0 Å². The first kappa shape index (κ1) is 13.1. The van der Waals surface area contributed by atoms with Crippen LogP contribution >= 0.6 is 15.9 Å². The molecule has 1 unspecified atom stereocenters. The molecule has 1 aromatic rings. The minimum absolute atomic E-state index is 0.0414. The summed E-state index contributed by atoms with van der Waals surface area (Å²) in [5, 5.41) is 10.0. The molecule has 90 valence electrons. The van der Waals surface area contributed by atoms with Gasteiger partial charge in [0.25, 0.3) is 0 Å². The third kappa shape index (κ3) is 2.59. The number of phenolic OH excluding ortho intramolecular Hbond substituents is 1. The predicted octanol–water partition coefficient (Wildman–Crippen LogP) is 2.06. The monoisotopic (exact) mass is 289 g/mol. The fourth-order valence-corrected chi connectivity index (χ4v) is 2.06. The van der Waals surface area contributed by atoms with Gasteiger partial charge in [-0.15, -0.1) is 0 Å². The quantitative estimate of drug-likeness (QED) is 0.891. The largest absolute Gasteiger partial charge is 0.504 e. The van der Waals surface area contributed by atoms with Crippen molar-refractivity contribution in [1.82, 2.24) is 0 Å². The van der Waals surface area contributed by atoms with Gasteiger partial charge in [-0.3, -0.25) is 0 Å². The summed E-state index contributed by atoms with van der Waals surface area (Å²) in [5.41, 5.74) is 6.45. The average Bonchev–Trinajstić information content (AvgIpc) is 2.23. The number of aromatic hydroxyl groups is 1. The van der Waals surface area contributed by atoms with E-state index >= 15 is 0 Å². The second-order valence-corrected chi connectivity index (χ2v) is 4.46. The number of halogens is 1. The van der Waals surface area contributed by atoms with E-state index < -0.39 is 0 Å². The van der Waals surface area contributed by atoms with Crippen LogP contribution in [0.2, 0.25) is 0 Å². The maximum Gasteiger partial charge on any atom is 0.203 e. The van der Waals surface area contributed by atoms with Crippen molar-refractivity contribution in [3.05, 3.63) is 16.1 Å². The van der Waals surface area contributed by atoms with Crippen LogP contribution in [-0.4, -0.2) is 25.4 Å². The molecule has 0 aliphatic heterocycles. The number of nitrogens with two attached hydrogens (primary N) is 1. The second kappa shape index (κ2) is 5.41. The molecule has 0 aliphatic carbocycles. The molecular formula is C11H16BrNO3. The molecule has 0 radical (unpaired) electrons. The van der Waals surface area contributed by atoms with E-state index in [1.165, 1.54) is 14.2 Å². The number of rotatable bonds is 4. The van der Waals surface area contributed by atoms with E-state index in [0.717, 1.165) is 10.0 Å². The summed E-state index contributed by atoms with van der Waals surface area (Å²) in [7, 11) is 3.01. The summed E-state index contributed by atoms with van der Waals surface area (Å²) in [6.45, 7) is 1.88. The third-order valence-electron chi connectivity index (χ3n) is 2.22. The highest BCUT2D eigenvalue weighted by Crippen LogP contribution is 2.43. The van der Waals surface area contributed by atoms with Gasteiger partial charge in [0.15, 0.2) is 11.5 Å². The maximum absolute atomic E-state index is 10.0. The summed E-state index contributed by atoms with van der Waals surface area (Å²) in [6.07, 6.45) is 0.562. The molecule has 5 heteroatoms. The molecular weight excluding hydrogens is 274 g/mol. The molecule has 1 rings (SSSR count). The van der Waals surface area contributed by atoms with Crippen LogP contribution in [0, 0.1) is 0 Å². The predicted molar refractivity (Wildman–Crippen MR) is 66.3 cm³/mol. The number of phenols is 1. The number of methoxy groups -OCH3 is 2. The topological polar surface area (TPSA) is 64.7 Å². The smallest absolute Gasteiger partial charge is 0.203 e. The first-order valence-electron chi connectivity index (χ1n) is 4.89. The molecule has 0 heterocycles. The van der Waals surface area contributed by atoms with Crippen LogP contribution in [-0.2, 0) is 6.42 Å². The number of hydrogen-bond acceptors (Lipinski definition) is 4. The molecule has 16 heavy (non-hydrogen) atoms. The van der Waals surface area contributed by atoms with E-state index in [1.807, 2.05) is 6.92 Å². The highest BCUT2D eigenvalue weighted by molar-refractivity contribution is 9.10. The maximum atomic E-state index is 10.0. The van der Waals surface area contributed by atoms with Crippen molar-refractivity contribution in [1.29, 1.82) is 0 Å². The Kier molecular flexibility index (Phi) is 4.44. The SMILES string of the molecule is COc1cc(Br)c(CC(C)N)c(O)c1OC. The Bertz CT molecular complexity index is 380. The van der Waals surface area contributed by atoms with Crippen LogP contribution in [0.25, 0.3) is 0 Å². The van der Waals surface area contributed by atoms with Crippen LogP contribution in [0.3, 0.4) is 0 Å². The van der Waals surface area contributed by atoms with E-state index in [9.17, 15) is 5.11 Å². The van der Waals surface area contributed by atoms with Crippen molar-refractivity contribution < 1.29 is 14.6 Å². The molecule has 0 fully saturated rings. The third-order valence-corrected chi connectivity index (χ3v) is 2.93. The molecule has 0 saturated carbocycles. The van der Waals surface area contributed by atoms with Gasteiger partial charge in [0.2, 0.25) is 5.75 Å². The minimum Gasteiger partial charge on any atom is -0.504 e. The Hall–Kier alpha value is -0.940. The van der Waals surface area contributed by atoms with Crippen molar-refractivity contribution in [3.8, 4) is 17.2 Å². The molecule has 0 aromatic heterocycles. The first-order chi connectivity index (χ1) is 7.51. The lowest BCUT2D eigenvalue weighted by atomic mass is 10.1. The van der Waals surface area contributed by atoms with E-state index in [1.54, 1.807) is 6.07 Å². The Morgan fingerprint density at radius 1 is 1.44 bits per heavy atom. The van der Waals surface area contributed by atoms with Gasteiger partial charge in [0.05, 0.1) is 14.2 Å². The van der Waals surface area contributed by atoms with E-state index in [4.69, 9.17) is 15.2 Å². The zero-order chi connectivity index (χ0) is 12.3. The lowest BCUT2D eigenvalue weighted by molar-refractivity contribution is 0.330. The van der Waals surface area contributed by atoms with Crippen molar-refractivity contribution >= 4 is 15.9 Å². The van der Waals surface area contributed by atoms with E-state index in [0.29, 0.717) is 17.9 Å². The average molecular weight is 290 g/mol. The summed E-state index contributed by atoms with van der Waals surface area (Å²) < 4.78 is 11.0. The Balaban J connectivity index is 3.29. The van der Waals surface area contributed by atoms with Crippen LogP contribution in [0.4, 0.5) is 0 Å². The summed E-state index contributed by atoms with van der Waals surface area (Å²) in [5.74, 6) is 0.896. The Morgan fingerprint density at radius 2 is 2.06 bits per heavy atom. The van der Waals surface area contributed by atoms with Gasteiger partial charge in [-0.25, -0.2) is 0 Å². The van der Waals surface area contributed by atoms with Crippen molar-refractivity contribution in [2.75, 3.05) is 14.2 Å². The van der Waals surface area contributed by atoms with Crippen molar-refractivity contribution in [2.24, 2.45) is 5.73 Å². The fraction of sp³-hybridized carbons (Fsp3) is 0.455. The summed E-state index contributed by atoms with van der Waals surface area (Å²) in [4.78, 5) is 0. The zero-order valence-corrected chi connectivity index (χ0v) is 11.2. The van der Waals surface area contributed by atoms with Crippen LogP contribution in [0.1, 0.15) is 12.5 Å². The summed E-state index contributed by atoms with van der Waals surface area (Å²) >= 11 is 3.38. The molecule has 1 aromatic carbocycles. The molecule has 0 saturated heterocycles. The second-order valence-electron chi connectivity index (χ2n) is 3.60. The zero-order valence-electron chi connectivity index (χ0n) is 9.58. The Morgan fingerprint density at radius 3 is 2.50 bits per heavy atom. The van der Waals surface area contributed by atoms with E-state index in [-0.39, 0.29) is 11.8 Å². The molecule has 0 aliphatic rings. The van der Waals surface area contributed by atoms with Crippen LogP contribution < -0.4 is 15.2 Å². The standard InChI is InChI=1S/C11H16BrNO3/c1-6(13)4-7-8(12)5-9(15-2)11(16-3)10(7)14/h5-6,14H,4,13H2,1-3H3. The normalized spacial score (nSPS) is 12.3. The lowest BCUT2D eigenvalue weighted by Crippen LogP contribution is -2.18. The highest BCUT2D eigenvalue weighted by Gasteiger charge is 2.18. The van der Waals surface area contributed by atoms with Gasteiger partial charge in [-0.1, -0.05) is 15.9 Å². The molecule has 0 spiro atoms. The molecule has 0 amide bonds. The highest BCUT2D eigenvalue weighted by atomic mass is 79.9. The molecule has 3 N–H and O–H groups in total. The fourth-order valence-electron chi connectivity index (χ4n) is 1.50. The minimum atomic E-state index is -0.0414. The van der Waals surface area contributed by atoms with Crippen molar-refractivity contribution in [2.45, 2.75) is 19.4 Å². The van der Waals surface area contributed by atoms with Crippen molar-refractivity contribution in [3.63, 3.8) is 0 Å². The Labute approximate surface area is 103 Å². The molecule has 4 nitrogen and oxygen atoms in total. The lowest BCUT2D eigenvalue weighted by Gasteiger charge is -2.15. The number of ether oxygens (including phenoxy) is 2. The summed E-state index contributed by atoms with van der Waals surface area (Å²) in [6, 6.07) is 1.72. The van der Waals surface area contributed by atoms with Gasteiger partial charge in [0, 0.05) is 16.1 Å². The van der Waals surface area contributed by atoms with Gasteiger partial charge < -0.3 is 20.3 Å². The number of hydrogen-bond donors (Lipinski definition) is 2. The van der Waals surface area contributed by atoms with Gasteiger partial charge >= 0.3 is 0 Å². The van der Waals surface area contributed by atoms with Crippen LogP contribution in [0.15, 0.2) is 10.5 Å². The van der Waals surface area contributed by atoms with Gasteiger partial charge in [-0.2, -0.15) is 0 Å². The van der Waals surface area contributed by atoms with Crippen LogP contribution in [0.5, 0.6) is 17.2 Å². The van der Waals surface area contributed by atoms with Gasteiger partial charge in [-0.05, 0) is 19.4 Å². The molecule has 1 atom stereocenters. The number of benzene rings is 1.